The molecule has 0 fully saturated rings. The van der Waals surface area contributed by atoms with Crippen molar-refractivity contribution < 1.29 is 9.47 Å². The first-order chi connectivity index (χ1) is 15.1. The molecule has 1 heterocycles. The van der Waals surface area contributed by atoms with Gasteiger partial charge in [-0.25, -0.2) is 4.99 Å². The zero-order chi connectivity index (χ0) is 22.1. The average Bonchev–Trinajstić information content (AvgIpc) is 3.12. The van der Waals surface area contributed by atoms with Crippen LogP contribution < -0.4 is 20.1 Å². The Morgan fingerprint density at radius 1 is 1.03 bits per heavy atom. The van der Waals surface area contributed by atoms with E-state index in [-0.39, 0.29) is 6.10 Å². The van der Waals surface area contributed by atoms with E-state index in [1.54, 1.807) is 7.11 Å². The Labute approximate surface area is 183 Å². The Morgan fingerprint density at radius 2 is 1.74 bits per heavy atom. The van der Waals surface area contributed by atoms with Crippen LogP contribution in [0.25, 0.3) is 0 Å². The van der Waals surface area contributed by atoms with Gasteiger partial charge in [0.15, 0.2) is 23.3 Å². The van der Waals surface area contributed by atoms with E-state index in [0.717, 1.165) is 17.2 Å². The Kier molecular flexibility index (Phi) is 7.86. The van der Waals surface area contributed by atoms with Crippen LogP contribution in [-0.4, -0.2) is 40.5 Å². The molecule has 8 nitrogen and oxygen atoms in total. The Morgan fingerprint density at radius 3 is 2.42 bits per heavy atom. The number of para-hydroxylation sites is 2. The molecule has 3 aromatic rings. The van der Waals surface area contributed by atoms with Gasteiger partial charge in [0, 0.05) is 7.05 Å². The van der Waals surface area contributed by atoms with E-state index in [2.05, 4.69) is 33.0 Å². The minimum absolute atomic E-state index is 0.0999. The first kappa shape index (κ1) is 22.1. The maximum atomic E-state index is 6.04. The summed E-state index contributed by atoms with van der Waals surface area (Å²) in [5.74, 6) is 3.81. The number of methoxy groups -OCH3 is 1. The zero-order valence-corrected chi connectivity index (χ0v) is 18.5. The molecule has 2 aromatic carbocycles. The number of guanidine groups is 1. The van der Waals surface area contributed by atoms with Crippen molar-refractivity contribution >= 4 is 5.96 Å². The third kappa shape index (κ3) is 6.47. The summed E-state index contributed by atoms with van der Waals surface area (Å²) in [4.78, 5) is 4.71. The summed E-state index contributed by atoms with van der Waals surface area (Å²) >= 11 is 0. The fourth-order valence-corrected chi connectivity index (χ4v) is 2.91. The summed E-state index contributed by atoms with van der Waals surface area (Å²) in [6.45, 7) is 5.57. The summed E-state index contributed by atoms with van der Waals surface area (Å²) in [7, 11) is 3.58. The van der Waals surface area contributed by atoms with Crippen LogP contribution in [0.2, 0.25) is 0 Å². The number of ether oxygens (including phenoxy) is 2. The second-order valence-corrected chi connectivity index (χ2v) is 7.19. The predicted molar refractivity (Wildman–Crippen MR) is 121 cm³/mol. The van der Waals surface area contributed by atoms with Crippen LogP contribution in [0.4, 0.5) is 0 Å². The molecule has 0 saturated heterocycles. The highest BCUT2D eigenvalue weighted by Gasteiger charge is 2.11. The minimum Gasteiger partial charge on any atom is -0.493 e. The molecule has 0 bridgehead atoms. The van der Waals surface area contributed by atoms with E-state index in [1.807, 2.05) is 67.9 Å². The summed E-state index contributed by atoms with van der Waals surface area (Å²) < 4.78 is 13.4. The highest BCUT2D eigenvalue weighted by Crippen LogP contribution is 2.26. The number of hydrogen-bond donors (Lipinski definition) is 2. The molecule has 1 unspecified atom stereocenters. The number of nitrogens with one attached hydrogen (secondary N) is 2. The van der Waals surface area contributed by atoms with Crippen LogP contribution in [-0.2, 0) is 20.1 Å². The smallest absolute Gasteiger partial charge is 0.192 e. The molecule has 1 atom stereocenters. The van der Waals surface area contributed by atoms with Crippen LogP contribution in [0, 0.1) is 6.92 Å². The van der Waals surface area contributed by atoms with Crippen molar-refractivity contribution in [3.63, 3.8) is 0 Å². The normalized spacial score (nSPS) is 12.3. The van der Waals surface area contributed by atoms with Crippen molar-refractivity contribution in [2.24, 2.45) is 12.0 Å². The van der Waals surface area contributed by atoms with Gasteiger partial charge in [0.25, 0.3) is 0 Å². The summed E-state index contributed by atoms with van der Waals surface area (Å²) in [6, 6.07) is 17.8. The van der Waals surface area contributed by atoms with Gasteiger partial charge in [0.1, 0.15) is 11.9 Å². The highest BCUT2D eigenvalue weighted by molar-refractivity contribution is 5.79. The van der Waals surface area contributed by atoms with Gasteiger partial charge in [-0.15, -0.1) is 10.2 Å². The predicted octanol–water partition coefficient (Wildman–Crippen LogP) is 2.84. The summed E-state index contributed by atoms with van der Waals surface area (Å²) in [6.07, 6.45) is -0.0999. The summed E-state index contributed by atoms with van der Waals surface area (Å²) in [5.41, 5.74) is 1.14. The van der Waals surface area contributed by atoms with Gasteiger partial charge in [0.05, 0.1) is 26.7 Å². The van der Waals surface area contributed by atoms with Crippen molar-refractivity contribution in [1.29, 1.82) is 0 Å². The van der Waals surface area contributed by atoms with Crippen molar-refractivity contribution in [1.82, 2.24) is 25.4 Å². The molecular weight excluding hydrogens is 392 g/mol. The molecule has 164 valence electrons. The molecule has 8 heteroatoms. The molecule has 0 radical (unpaired) electrons. The van der Waals surface area contributed by atoms with Gasteiger partial charge in [-0.3, -0.25) is 0 Å². The van der Waals surface area contributed by atoms with Crippen LogP contribution in [0.1, 0.15) is 24.1 Å². The third-order valence-electron chi connectivity index (χ3n) is 4.81. The molecule has 0 aliphatic rings. The molecule has 0 aliphatic heterocycles. The van der Waals surface area contributed by atoms with Crippen molar-refractivity contribution in [2.75, 3.05) is 13.7 Å². The molecule has 3 rings (SSSR count). The molecule has 1 aromatic heterocycles. The van der Waals surface area contributed by atoms with E-state index in [9.17, 15) is 0 Å². The molecule has 31 heavy (non-hydrogen) atoms. The van der Waals surface area contributed by atoms with Gasteiger partial charge in [-0.2, -0.15) is 0 Å². The maximum Gasteiger partial charge on any atom is 0.192 e. The van der Waals surface area contributed by atoms with Crippen LogP contribution >= 0.6 is 0 Å². The second kappa shape index (κ2) is 11.0. The number of rotatable bonds is 9. The van der Waals surface area contributed by atoms with E-state index < -0.39 is 0 Å². The van der Waals surface area contributed by atoms with Gasteiger partial charge in [-0.1, -0.05) is 42.5 Å². The van der Waals surface area contributed by atoms with Crippen LogP contribution in [0.15, 0.2) is 59.6 Å². The lowest BCUT2D eigenvalue weighted by Gasteiger charge is -2.19. The first-order valence-corrected chi connectivity index (χ1v) is 10.3. The molecular formula is C23H30N6O2. The SMILES string of the molecule is COc1ccccc1OC(C)CNC(=NCc1ccccc1)NCc1nnc(C)n1C. The zero-order valence-electron chi connectivity index (χ0n) is 18.5. The van der Waals surface area contributed by atoms with Gasteiger partial charge < -0.3 is 24.7 Å². The largest absolute Gasteiger partial charge is 0.493 e. The Balaban J connectivity index is 1.63. The molecule has 0 saturated carbocycles. The molecule has 2 N–H and O–H groups in total. The number of aromatic nitrogens is 3. The highest BCUT2D eigenvalue weighted by atomic mass is 16.5. The second-order valence-electron chi connectivity index (χ2n) is 7.19. The van der Waals surface area contributed by atoms with E-state index in [0.29, 0.717) is 37.1 Å². The fraction of sp³-hybridized carbons (Fsp3) is 0.348. The Bertz CT molecular complexity index is 987. The minimum atomic E-state index is -0.0999. The lowest BCUT2D eigenvalue weighted by atomic mass is 10.2. The molecule has 0 spiro atoms. The fourth-order valence-electron chi connectivity index (χ4n) is 2.91. The van der Waals surface area contributed by atoms with E-state index >= 15 is 0 Å². The number of hydrogen-bond acceptors (Lipinski definition) is 5. The maximum absolute atomic E-state index is 6.04. The van der Waals surface area contributed by atoms with E-state index in [4.69, 9.17) is 14.5 Å². The summed E-state index contributed by atoms with van der Waals surface area (Å²) in [5, 5.41) is 15.0. The standard InChI is InChI=1S/C23H30N6O2/c1-17(31-21-13-9-8-12-20(21)30-4)14-24-23(25-15-19-10-6-5-7-11-19)26-16-22-28-27-18(2)29(22)3/h5-13,17H,14-16H2,1-4H3,(H2,24,25,26). The van der Waals surface area contributed by atoms with Crippen molar-refractivity contribution in [3.8, 4) is 11.5 Å². The number of aliphatic imine (C=N–C) groups is 1. The Hall–Kier alpha value is -3.55. The molecule has 0 aliphatic carbocycles. The average molecular weight is 423 g/mol. The van der Waals surface area contributed by atoms with Gasteiger partial charge in [-0.05, 0) is 31.5 Å². The number of benzene rings is 2. The third-order valence-corrected chi connectivity index (χ3v) is 4.81. The topological polar surface area (TPSA) is 85.6 Å². The lowest BCUT2D eigenvalue weighted by Crippen LogP contribution is -2.42. The van der Waals surface area contributed by atoms with Crippen molar-refractivity contribution in [2.45, 2.75) is 33.0 Å². The first-order valence-electron chi connectivity index (χ1n) is 10.3. The number of aryl methyl sites for hydroxylation is 1. The quantitative estimate of drug-likeness (QED) is 0.407. The van der Waals surface area contributed by atoms with Crippen LogP contribution in [0.3, 0.4) is 0 Å². The van der Waals surface area contributed by atoms with Crippen LogP contribution in [0.5, 0.6) is 11.5 Å². The van der Waals surface area contributed by atoms with E-state index in [1.165, 1.54) is 0 Å². The van der Waals surface area contributed by atoms with Gasteiger partial charge in [0.2, 0.25) is 0 Å². The number of nitrogens with zero attached hydrogens (tertiary/aromatic N) is 4. The lowest BCUT2D eigenvalue weighted by molar-refractivity contribution is 0.213. The molecule has 0 amide bonds. The monoisotopic (exact) mass is 422 g/mol. The van der Waals surface area contributed by atoms with Gasteiger partial charge >= 0.3 is 0 Å². The van der Waals surface area contributed by atoms with Crippen molar-refractivity contribution in [3.05, 3.63) is 71.8 Å².